The molecule has 0 amide bonds. The number of thioether (sulfide) groups is 1. The summed E-state index contributed by atoms with van der Waals surface area (Å²) < 4.78 is 3.17. The normalized spacial score (nSPS) is 11.5. The first-order valence-corrected chi connectivity index (χ1v) is 9.11. The van der Waals surface area contributed by atoms with E-state index in [-0.39, 0.29) is 5.56 Å². The molecule has 3 heterocycles. The number of aromatic nitrogens is 5. The zero-order valence-electron chi connectivity index (χ0n) is 13.6. The third-order valence-corrected chi connectivity index (χ3v) is 5.05. The topological polar surface area (TPSA) is 65.1 Å². The van der Waals surface area contributed by atoms with Gasteiger partial charge in [0, 0.05) is 17.4 Å². The maximum Gasteiger partial charge on any atom is 0.266 e. The van der Waals surface area contributed by atoms with Gasteiger partial charge in [-0.2, -0.15) is 9.50 Å². The Morgan fingerprint density at radius 3 is 2.88 bits per heavy atom. The molecule has 0 radical (unpaired) electrons. The van der Waals surface area contributed by atoms with Crippen LogP contribution in [0.2, 0.25) is 5.02 Å². The van der Waals surface area contributed by atoms with Gasteiger partial charge in [-0.25, -0.2) is 4.98 Å². The number of hydrogen-bond acceptors (Lipinski definition) is 5. The van der Waals surface area contributed by atoms with Crippen LogP contribution < -0.4 is 5.56 Å². The van der Waals surface area contributed by atoms with Crippen LogP contribution in [-0.2, 0) is 0 Å². The van der Waals surface area contributed by atoms with Gasteiger partial charge >= 0.3 is 0 Å². The van der Waals surface area contributed by atoms with Gasteiger partial charge in [-0.3, -0.25) is 9.36 Å². The SMILES string of the molecule is CCSc1nc2ncc3c(=O)n(-c4ccc(C)c(Cl)c4)ccc3n2n1. The molecule has 0 fully saturated rings. The first kappa shape index (κ1) is 16.1. The van der Waals surface area contributed by atoms with E-state index < -0.39 is 0 Å². The number of rotatable bonds is 3. The molecule has 126 valence electrons. The minimum absolute atomic E-state index is 0.174. The molecule has 0 bridgehead atoms. The van der Waals surface area contributed by atoms with Crippen molar-refractivity contribution in [1.29, 1.82) is 0 Å². The predicted octanol–water partition coefficient (Wildman–Crippen LogP) is 3.50. The summed E-state index contributed by atoms with van der Waals surface area (Å²) in [6.45, 7) is 3.96. The Morgan fingerprint density at radius 1 is 1.28 bits per heavy atom. The first-order valence-electron chi connectivity index (χ1n) is 7.75. The van der Waals surface area contributed by atoms with Crippen LogP contribution in [0, 0.1) is 6.92 Å². The van der Waals surface area contributed by atoms with Crippen molar-refractivity contribution in [3.8, 4) is 5.69 Å². The quantitative estimate of drug-likeness (QED) is 0.516. The summed E-state index contributed by atoms with van der Waals surface area (Å²) in [5, 5.41) is 6.18. The summed E-state index contributed by atoms with van der Waals surface area (Å²) in [5.41, 5.74) is 2.18. The standard InChI is InChI=1S/C17H14ClN5OS/c1-3-25-17-20-16-19-9-12-14(23(16)21-17)6-7-22(15(12)24)11-5-4-10(2)13(18)8-11/h4-9H,3H2,1-2H3. The molecular formula is C17H14ClN5OS. The molecule has 0 unspecified atom stereocenters. The van der Waals surface area contributed by atoms with Crippen molar-refractivity contribution in [3.05, 3.63) is 57.6 Å². The molecular weight excluding hydrogens is 358 g/mol. The zero-order valence-corrected chi connectivity index (χ0v) is 15.2. The minimum Gasteiger partial charge on any atom is -0.284 e. The van der Waals surface area contributed by atoms with Crippen molar-refractivity contribution in [2.45, 2.75) is 19.0 Å². The summed E-state index contributed by atoms with van der Waals surface area (Å²) >= 11 is 7.73. The van der Waals surface area contributed by atoms with Crippen molar-refractivity contribution in [3.63, 3.8) is 0 Å². The van der Waals surface area contributed by atoms with Gasteiger partial charge in [0.25, 0.3) is 11.3 Å². The van der Waals surface area contributed by atoms with Gasteiger partial charge in [-0.15, -0.1) is 5.10 Å². The summed E-state index contributed by atoms with van der Waals surface area (Å²) in [6, 6.07) is 7.38. The number of fused-ring (bicyclic) bond motifs is 3. The second-order valence-electron chi connectivity index (χ2n) is 5.52. The van der Waals surface area contributed by atoms with Gasteiger partial charge in [-0.05, 0) is 36.4 Å². The van der Waals surface area contributed by atoms with E-state index in [0.29, 0.717) is 32.5 Å². The molecule has 6 nitrogen and oxygen atoms in total. The molecule has 0 atom stereocenters. The van der Waals surface area contributed by atoms with Crippen LogP contribution in [0.25, 0.3) is 22.4 Å². The molecule has 3 aromatic heterocycles. The van der Waals surface area contributed by atoms with Gasteiger partial charge < -0.3 is 0 Å². The Kier molecular flexibility index (Phi) is 3.97. The minimum atomic E-state index is -0.174. The van der Waals surface area contributed by atoms with E-state index in [9.17, 15) is 4.79 Å². The molecule has 0 N–H and O–H groups in total. The van der Waals surface area contributed by atoms with E-state index >= 15 is 0 Å². The zero-order chi connectivity index (χ0) is 17.6. The summed E-state index contributed by atoms with van der Waals surface area (Å²) in [4.78, 5) is 21.6. The maximum absolute atomic E-state index is 12.9. The molecule has 0 aliphatic carbocycles. The highest BCUT2D eigenvalue weighted by molar-refractivity contribution is 7.99. The summed E-state index contributed by atoms with van der Waals surface area (Å²) in [7, 11) is 0. The van der Waals surface area contributed by atoms with E-state index in [2.05, 4.69) is 15.1 Å². The van der Waals surface area contributed by atoms with Crippen molar-refractivity contribution < 1.29 is 0 Å². The van der Waals surface area contributed by atoms with Crippen molar-refractivity contribution in [1.82, 2.24) is 24.1 Å². The molecule has 0 aliphatic rings. The van der Waals surface area contributed by atoms with E-state index in [1.165, 1.54) is 11.8 Å². The van der Waals surface area contributed by atoms with Crippen LogP contribution in [-0.4, -0.2) is 29.9 Å². The predicted molar refractivity (Wildman–Crippen MR) is 100 cm³/mol. The fourth-order valence-electron chi connectivity index (χ4n) is 2.63. The molecule has 0 aliphatic heterocycles. The molecule has 0 saturated carbocycles. The highest BCUT2D eigenvalue weighted by Crippen LogP contribution is 2.20. The average Bonchev–Trinajstić information content (AvgIpc) is 3.01. The number of nitrogens with zero attached hydrogens (tertiary/aromatic N) is 5. The molecule has 4 aromatic rings. The fraction of sp³-hybridized carbons (Fsp3) is 0.176. The average molecular weight is 372 g/mol. The van der Waals surface area contributed by atoms with E-state index in [1.807, 2.05) is 32.0 Å². The van der Waals surface area contributed by atoms with Crippen molar-refractivity contribution in [2.75, 3.05) is 5.75 Å². The fourth-order valence-corrected chi connectivity index (χ4v) is 3.34. The Morgan fingerprint density at radius 2 is 2.12 bits per heavy atom. The van der Waals surface area contributed by atoms with Crippen LogP contribution in [0.3, 0.4) is 0 Å². The third kappa shape index (κ3) is 2.69. The van der Waals surface area contributed by atoms with E-state index in [1.54, 1.807) is 27.5 Å². The largest absolute Gasteiger partial charge is 0.284 e. The molecule has 8 heteroatoms. The van der Waals surface area contributed by atoms with Crippen molar-refractivity contribution in [2.24, 2.45) is 0 Å². The summed E-state index contributed by atoms with van der Waals surface area (Å²) in [5.74, 6) is 1.36. The van der Waals surface area contributed by atoms with Gasteiger partial charge in [0.05, 0.1) is 16.6 Å². The van der Waals surface area contributed by atoms with E-state index in [0.717, 1.165) is 11.3 Å². The highest BCUT2D eigenvalue weighted by atomic mass is 35.5. The van der Waals surface area contributed by atoms with Gasteiger partial charge in [-0.1, -0.05) is 36.4 Å². The smallest absolute Gasteiger partial charge is 0.266 e. The molecule has 1 aromatic carbocycles. The maximum atomic E-state index is 12.9. The molecule has 0 spiro atoms. The van der Waals surface area contributed by atoms with Crippen LogP contribution in [0.15, 0.2) is 46.6 Å². The van der Waals surface area contributed by atoms with Gasteiger partial charge in [0.2, 0.25) is 5.16 Å². The van der Waals surface area contributed by atoms with Crippen LogP contribution in [0.5, 0.6) is 0 Å². The van der Waals surface area contributed by atoms with E-state index in [4.69, 9.17) is 11.6 Å². The van der Waals surface area contributed by atoms with Gasteiger partial charge in [0.1, 0.15) is 0 Å². The molecule has 4 rings (SSSR count). The van der Waals surface area contributed by atoms with Gasteiger partial charge in [0.15, 0.2) is 0 Å². The second kappa shape index (κ2) is 6.16. The number of hydrogen-bond donors (Lipinski definition) is 0. The summed E-state index contributed by atoms with van der Waals surface area (Å²) in [6.07, 6.45) is 3.27. The Bertz CT molecular complexity index is 1170. The third-order valence-electron chi connectivity index (χ3n) is 3.92. The molecule has 25 heavy (non-hydrogen) atoms. The highest BCUT2D eigenvalue weighted by Gasteiger charge is 2.12. The van der Waals surface area contributed by atoms with Crippen molar-refractivity contribution >= 4 is 40.0 Å². The Labute approximate surface area is 152 Å². The lowest BCUT2D eigenvalue weighted by atomic mass is 10.2. The lowest BCUT2D eigenvalue weighted by Crippen LogP contribution is -2.18. The Balaban J connectivity index is 1.94. The van der Waals surface area contributed by atoms with Crippen LogP contribution >= 0.6 is 23.4 Å². The monoisotopic (exact) mass is 371 g/mol. The Hall–Kier alpha value is -2.38. The number of aryl methyl sites for hydroxylation is 1. The number of halogens is 1. The first-order chi connectivity index (χ1) is 12.1. The lowest BCUT2D eigenvalue weighted by Gasteiger charge is -2.09. The van der Waals surface area contributed by atoms with Crippen LogP contribution in [0.4, 0.5) is 0 Å². The number of benzene rings is 1. The number of pyridine rings is 1. The van der Waals surface area contributed by atoms with Crippen LogP contribution in [0.1, 0.15) is 12.5 Å². The molecule has 0 saturated heterocycles. The lowest BCUT2D eigenvalue weighted by molar-refractivity contribution is 0.903. The second-order valence-corrected chi connectivity index (χ2v) is 7.16.